The Hall–Kier alpha value is -0.160. The van der Waals surface area contributed by atoms with Gasteiger partial charge in [0.15, 0.2) is 0 Å². The van der Waals surface area contributed by atoms with Crippen LogP contribution < -0.4 is 0 Å². The highest BCUT2D eigenvalue weighted by molar-refractivity contribution is 4.88. The van der Waals surface area contributed by atoms with Gasteiger partial charge in [0.1, 0.15) is 18.3 Å². The number of aliphatic hydroxyl groups excluding tert-OH is 3. The summed E-state index contributed by atoms with van der Waals surface area (Å²) < 4.78 is 5.12. The molecule has 0 spiro atoms. The van der Waals surface area contributed by atoms with E-state index in [1.807, 2.05) is 0 Å². The lowest BCUT2D eigenvalue weighted by Gasteiger charge is -2.37. The zero-order chi connectivity index (χ0) is 8.59. The fraction of sp³-hybridized carbons (Fsp3) is 1.00. The summed E-state index contributed by atoms with van der Waals surface area (Å²) in [5.41, 5.74) is 0. The zero-order valence-electron chi connectivity index (χ0n) is 6.64. The third-order valence-electron chi connectivity index (χ3n) is 2.09. The third kappa shape index (κ3) is 1.54. The molecule has 0 radical (unpaired) electrons. The van der Waals surface area contributed by atoms with E-state index in [2.05, 4.69) is 0 Å². The molecule has 0 bridgehead atoms. The summed E-state index contributed by atoms with van der Waals surface area (Å²) >= 11 is 0. The van der Waals surface area contributed by atoms with Crippen molar-refractivity contribution in [3.63, 3.8) is 0 Å². The Morgan fingerprint density at radius 3 is 1.55 bits per heavy atom. The van der Waals surface area contributed by atoms with E-state index in [1.165, 1.54) is 0 Å². The summed E-state index contributed by atoms with van der Waals surface area (Å²) in [6.45, 7) is 3.33. The number of rotatable bonds is 0. The number of aliphatic hydroxyl groups is 3. The first-order valence-corrected chi connectivity index (χ1v) is 3.73. The average molecular weight is 162 g/mol. The molecule has 0 aromatic rings. The van der Waals surface area contributed by atoms with Gasteiger partial charge in [-0.15, -0.1) is 0 Å². The minimum absolute atomic E-state index is 0.414. The van der Waals surface area contributed by atoms with Gasteiger partial charge < -0.3 is 20.1 Å². The Kier molecular flexibility index (Phi) is 2.49. The van der Waals surface area contributed by atoms with Crippen LogP contribution in [0.5, 0.6) is 0 Å². The highest BCUT2D eigenvalue weighted by Crippen LogP contribution is 2.19. The second-order valence-corrected chi connectivity index (χ2v) is 3.02. The first-order valence-electron chi connectivity index (χ1n) is 3.73. The summed E-state index contributed by atoms with van der Waals surface area (Å²) in [6, 6.07) is 0. The smallest absolute Gasteiger partial charge is 0.111 e. The van der Waals surface area contributed by atoms with Gasteiger partial charge in [0, 0.05) is 0 Å². The Balaban J connectivity index is 2.63. The topological polar surface area (TPSA) is 69.9 Å². The maximum absolute atomic E-state index is 9.21. The van der Waals surface area contributed by atoms with Crippen LogP contribution in [0.25, 0.3) is 0 Å². The third-order valence-corrected chi connectivity index (χ3v) is 2.09. The van der Waals surface area contributed by atoms with Gasteiger partial charge in [0.2, 0.25) is 0 Å². The average Bonchev–Trinajstić information content (AvgIpc) is 1.97. The second-order valence-electron chi connectivity index (χ2n) is 3.02. The SMILES string of the molecule is C[C@@H]1O[C@H](C)[C@@H](O)[C@H](O)[C@H]1O. The van der Waals surface area contributed by atoms with Gasteiger partial charge in [0.05, 0.1) is 12.2 Å². The van der Waals surface area contributed by atoms with Crippen molar-refractivity contribution in [1.29, 1.82) is 0 Å². The lowest BCUT2D eigenvalue weighted by molar-refractivity contribution is -0.211. The van der Waals surface area contributed by atoms with E-state index in [0.717, 1.165) is 0 Å². The summed E-state index contributed by atoms with van der Waals surface area (Å²) in [5.74, 6) is 0. The first kappa shape index (κ1) is 8.93. The van der Waals surface area contributed by atoms with E-state index in [1.54, 1.807) is 13.8 Å². The van der Waals surface area contributed by atoms with E-state index in [4.69, 9.17) is 4.74 Å². The minimum Gasteiger partial charge on any atom is -0.388 e. The Morgan fingerprint density at radius 1 is 0.818 bits per heavy atom. The van der Waals surface area contributed by atoms with E-state index < -0.39 is 30.5 Å². The molecule has 5 atom stereocenters. The highest BCUT2D eigenvalue weighted by Gasteiger charge is 2.39. The molecule has 0 aliphatic carbocycles. The summed E-state index contributed by atoms with van der Waals surface area (Å²) in [6.07, 6.45) is -3.89. The van der Waals surface area contributed by atoms with Crippen LogP contribution in [0.1, 0.15) is 13.8 Å². The Morgan fingerprint density at radius 2 is 1.18 bits per heavy atom. The van der Waals surface area contributed by atoms with Crippen molar-refractivity contribution in [3.8, 4) is 0 Å². The molecule has 0 unspecified atom stereocenters. The van der Waals surface area contributed by atoms with Gasteiger partial charge in [-0.05, 0) is 13.8 Å². The fourth-order valence-electron chi connectivity index (χ4n) is 1.26. The zero-order valence-corrected chi connectivity index (χ0v) is 6.64. The van der Waals surface area contributed by atoms with Gasteiger partial charge in [0.25, 0.3) is 0 Å². The van der Waals surface area contributed by atoms with Crippen molar-refractivity contribution in [2.45, 2.75) is 44.4 Å². The van der Waals surface area contributed by atoms with E-state index in [-0.39, 0.29) is 0 Å². The molecule has 1 saturated heterocycles. The van der Waals surface area contributed by atoms with Crippen molar-refractivity contribution in [1.82, 2.24) is 0 Å². The second kappa shape index (κ2) is 3.06. The van der Waals surface area contributed by atoms with Gasteiger partial charge >= 0.3 is 0 Å². The standard InChI is InChI=1S/C7H14O4/c1-3-5(8)7(10)6(9)4(2)11-3/h3-10H,1-2H3/t3-,4+,5-,6+,7+. The van der Waals surface area contributed by atoms with E-state index in [0.29, 0.717) is 0 Å². The summed E-state index contributed by atoms with van der Waals surface area (Å²) in [5, 5.41) is 27.6. The number of ether oxygens (including phenoxy) is 1. The molecule has 66 valence electrons. The molecule has 0 amide bonds. The Bertz CT molecular complexity index is 124. The van der Waals surface area contributed by atoms with Gasteiger partial charge in [-0.3, -0.25) is 0 Å². The maximum Gasteiger partial charge on any atom is 0.111 e. The molecule has 1 aliphatic heterocycles. The van der Waals surface area contributed by atoms with Gasteiger partial charge in [-0.2, -0.15) is 0 Å². The predicted octanol–water partition coefficient (Wildman–Crippen LogP) is -1.12. The van der Waals surface area contributed by atoms with Crippen LogP contribution in [0.3, 0.4) is 0 Å². The number of hydrogen-bond donors (Lipinski definition) is 3. The van der Waals surface area contributed by atoms with Crippen LogP contribution >= 0.6 is 0 Å². The van der Waals surface area contributed by atoms with Crippen LogP contribution in [-0.2, 0) is 4.74 Å². The van der Waals surface area contributed by atoms with Crippen LogP contribution in [-0.4, -0.2) is 45.8 Å². The summed E-state index contributed by atoms with van der Waals surface area (Å²) in [7, 11) is 0. The molecule has 0 aromatic carbocycles. The minimum atomic E-state index is -1.09. The quantitative estimate of drug-likeness (QED) is 0.422. The molecule has 1 fully saturated rings. The Labute approximate surface area is 65.4 Å². The van der Waals surface area contributed by atoms with Crippen LogP contribution in [0.15, 0.2) is 0 Å². The van der Waals surface area contributed by atoms with Crippen molar-refractivity contribution in [2.75, 3.05) is 0 Å². The maximum atomic E-state index is 9.21. The lowest BCUT2D eigenvalue weighted by Crippen LogP contribution is -2.55. The predicted molar refractivity (Wildman–Crippen MR) is 38.0 cm³/mol. The molecule has 3 N–H and O–H groups in total. The fourth-order valence-corrected chi connectivity index (χ4v) is 1.26. The molecule has 0 aromatic heterocycles. The molecular weight excluding hydrogens is 148 g/mol. The van der Waals surface area contributed by atoms with Crippen molar-refractivity contribution >= 4 is 0 Å². The molecule has 0 saturated carbocycles. The molecule has 1 heterocycles. The van der Waals surface area contributed by atoms with E-state index in [9.17, 15) is 15.3 Å². The van der Waals surface area contributed by atoms with Gasteiger partial charge in [-0.25, -0.2) is 0 Å². The lowest BCUT2D eigenvalue weighted by atomic mass is 9.97. The van der Waals surface area contributed by atoms with Crippen molar-refractivity contribution in [2.24, 2.45) is 0 Å². The summed E-state index contributed by atoms with van der Waals surface area (Å²) in [4.78, 5) is 0. The van der Waals surface area contributed by atoms with Crippen LogP contribution in [0, 0.1) is 0 Å². The highest BCUT2D eigenvalue weighted by atomic mass is 16.5. The molecule has 1 aliphatic rings. The largest absolute Gasteiger partial charge is 0.388 e. The first-order chi connectivity index (χ1) is 5.04. The monoisotopic (exact) mass is 162 g/mol. The van der Waals surface area contributed by atoms with E-state index >= 15 is 0 Å². The van der Waals surface area contributed by atoms with Gasteiger partial charge in [-0.1, -0.05) is 0 Å². The molecule has 4 nitrogen and oxygen atoms in total. The van der Waals surface area contributed by atoms with Crippen molar-refractivity contribution in [3.05, 3.63) is 0 Å². The van der Waals surface area contributed by atoms with Crippen LogP contribution in [0.4, 0.5) is 0 Å². The molecule has 4 heteroatoms. The van der Waals surface area contributed by atoms with Crippen LogP contribution in [0.2, 0.25) is 0 Å². The van der Waals surface area contributed by atoms with Crippen molar-refractivity contribution < 1.29 is 20.1 Å². The molecule has 11 heavy (non-hydrogen) atoms. The molecular formula is C7H14O4. The number of hydrogen-bond acceptors (Lipinski definition) is 4. The normalized spacial score (nSPS) is 52.6. The molecule has 1 rings (SSSR count).